The summed E-state index contributed by atoms with van der Waals surface area (Å²) < 4.78 is 5.32. The van der Waals surface area contributed by atoms with Crippen LogP contribution in [0.25, 0.3) is 0 Å². The van der Waals surface area contributed by atoms with Crippen LogP contribution in [0.1, 0.15) is 6.42 Å². The molecule has 120 valence electrons. The number of carbonyl (C=O) groups is 3. The van der Waals surface area contributed by atoms with E-state index in [0.29, 0.717) is 12.2 Å². The number of thioether (sulfide) groups is 1. The zero-order chi connectivity index (χ0) is 16.4. The number of carboxylic acid groups (broad SMARTS) is 1. The number of amides is 2. The maximum absolute atomic E-state index is 12.3. The van der Waals surface area contributed by atoms with Crippen molar-refractivity contribution in [2.24, 2.45) is 0 Å². The molecule has 0 aliphatic carbocycles. The molecule has 0 spiro atoms. The lowest BCUT2D eigenvalue weighted by Crippen LogP contribution is -2.43. The summed E-state index contributed by atoms with van der Waals surface area (Å²) >= 11 is 1.27. The van der Waals surface area contributed by atoms with Gasteiger partial charge in [0.15, 0.2) is 6.61 Å². The van der Waals surface area contributed by atoms with Crippen molar-refractivity contribution < 1.29 is 24.2 Å². The third kappa shape index (κ3) is 3.16. The molecule has 2 atom stereocenters. The van der Waals surface area contributed by atoms with E-state index in [0.717, 1.165) is 0 Å². The minimum absolute atomic E-state index is 0.0396. The molecule has 1 aromatic carbocycles. The Labute approximate surface area is 136 Å². The van der Waals surface area contributed by atoms with E-state index in [1.54, 1.807) is 24.3 Å². The molecule has 0 saturated carbocycles. The molecule has 1 fully saturated rings. The van der Waals surface area contributed by atoms with Crippen LogP contribution in [-0.4, -0.2) is 45.8 Å². The first kappa shape index (κ1) is 15.4. The Balaban J connectivity index is 1.55. The molecule has 3 rings (SSSR count). The quantitative estimate of drug-likeness (QED) is 0.826. The smallest absolute Gasteiger partial charge is 0.353 e. The third-order valence-electron chi connectivity index (χ3n) is 3.52. The Kier molecular flexibility index (Phi) is 4.24. The zero-order valence-electron chi connectivity index (χ0n) is 12.0. The first-order valence-corrected chi connectivity index (χ1v) is 7.90. The van der Waals surface area contributed by atoms with Gasteiger partial charge in [-0.05, 0) is 12.1 Å². The van der Waals surface area contributed by atoms with Crippen LogP contribution in [-0.2, 0) is 14.4 Å². The van der Waals surface area contributed by atoms with Crippen LogP contribution in [0.15, 0.2) is 41.4 Å². The molecule has 0 aromatic heterocycles. The minimum atomic E-state index is -1.15. The molecule has 0 radical (unpaired) electrons. The summed E-state index contributed by atoms with van der Waals surface area (Å²) in [6.45, 7) is -0.201. The molecular weight excluding hydrogens is 320 g/mol. The second-order valence-electron chi connectivity index (χ2n) is 5.06. The minimum Gasteiger partial charge on any atom is -0.484 e. The van der Waals surface area contributed by atoms with Crippen LogP contribution in [0.5, 0.6) is 5.75 Å². The lowest BCUT2D eigenvalue weighted by atomic mass is 10.2. The molecule has 2 heterocycles. The zero-order valence-corrected chi connectivity index (χ0v) is 12.8. The number of aliphatic carboxylic acids is 1. The normalized spacial score (nSPS) is 22.5. The predicted molar refractivity (Wildman–Crippen MR) is 82.4 cm³/mol. The van der Waals surface area contributed by atoms with E-state index in [2.05, 4.69) is 5.32 Å². The average molecular weight is 334 g/mol. The van der Waals surface area contributed by atoms with E-state index in [4.69, 9.17) is 9.84 Å². The highest BCUT2D eigenvalue weighted by molar-refractivity contribution is 8.03. The van der Waals surface area contributed by atoms with Gasteiger partial charge in [-0.3, -0.25) is 14.5 Å². The molecule has 0 bridgehead atoms. The second-order valence-corrected chi connectivity index (χ2v) is 6.12. The third-order valence-corrected chi connectivity index (χ3v) is 4.60. The van der Waals surface area contributed by atoms with Gasteiger partial charge >= 0.3 is 5.97 Å². The van der Waals surface area contributed by atoms with Gasteiger partial charge in [0.05, 0.1) is 5.37 Å². The van der Waals surface area contributed by atoms with Crippen LogP contribution < -0.4 is 10.1 Å². The number of hydrogen-bond acceptors (Lipinski definition) is 5. The monoisotopic (exact) mass is 334 g/mol. The largest absolute Gasteiger partial charge is 0.484 e. The first-order valence-electron chi connectivity index (χ1n) is 6.95. The van der Waals surface area contributed by atoms with E-state index in [1.807, 2.05) is 6.07 Å². The van der Waals surface area contributed by atoms with Crippen molar-refractivity contribution in [3.63, 3.8) is 0 Å². The number of para-hydroxylation sites is 1. The maximum atomic E-state index is 12.3. The van der Waals surface area contributed by atoms with Gasteiger partial charge < -0.3 is 15.2 Å². The lowest BCUT2D eigenvalue weighted by molar-refractivity contribution is -0.139. The molecule has 2 aliphatic rings. The molecule has 23 heavy (non-hydrogen) atoms. The molecule has 0 unspecified atom stereocenters. The molecule has 1 aromatic rings. The molecule has 1 saturated heterocycles. The van der Waals surface area contributed by atoms with Gasteiger partial charge in [0.25, 0.3) is 11.8 Å². The Morgan fingerprint density at radius 3 is 2.78 bits per heavy atom. The summed E-state index contributed by atoms with van der Waals surface area (Å²) in [6.07, 6.45) is 0.369. The Morgan fingerprint density at radius 1 is 1.35 bits per heavy atom. The summed E-state index contributed by atoms with van der Waals surface area (Å²) in [5, 5.41) is 12.9. The van der Waals surface area contributed by atoms with Gasteiger partial charge in [0.2, 0.25) is 0 Å². The molecular formula is C15H14N2O5S. The fourth-order valence-corrected chi connectivity index (χ4v) is 3.63. The van der Waals surface area contributed by atoms with Crippen molar-refractivity contribution in [2.75, 3.05) is 6.61 Å². The number of benzene rings is 1. The maximum Gasteiger partial charge on any atom is 0.353 e. The van der Waals surface area contributed by atoms with Gasteiger partial charge in [-0.1, -0.05) is 18.2 Å². The van der Waals surface area contributed by atoms with Crippen LogP contribution >= 0.6 is 11.8 Å². The van der Waals surface area contributed by atoms with E-state index in [1.165, 1.54) is 22.1 Å². The van der Waals surface area contributed by atoms with Crippen molar-refractivity contribution >= 4 is 29.5 Å². The number of carbonyl (C=O) groups excluding carboxylic acids is 2. The van der Waals surface area contributed by atoms with Gasteiger partial charge in [-0.2, -0.15) is 0 Å². The topological polar surface area (TPSA) is 95.9 Å². The van der Waals surface area contributed by atoms with Crippen molar-refractivity contribution in [3.05, 3.63) is 41.4 Å². The number of fused-ring (bicyclic) bond motifs is 1. The fraction of sp³-hybridized carbons (Fsp3) is 0.267. The van der Waals surface area contributed by atoms with E-state index < -0.39 is 23.8 Å². The summed E-state index contributed by atoms with van der Waals surface area (Å²) in [4.78, 5) is 36.5. The van der Waals surface area contributed by atoms with E-state index in [-0.39, 0.29) is 17.7 Å². The highest BCUT2D eigenvalue weighted by atomic mass is 32.2. The highest BCUT2D eigenvalue weighted by Crippen LogP contribution is 2.39. The van der Waals surface area contributed by atoms with Crippen molar-refractivity contribution in [3.8, 4) is 5.75 Å². The molecule has 8 heteroatoms. The van der Waals surface area contributed by atoms with E-state index >= 15 is 0 Å². The molecule has 2 aliphatic heterocycles. The molecule has 2 amide bonds. The van der Waals surface area contributed by atoms with Crippen molar-refractivity contribution in [2.45, 2.75) is 17.8 Å². The summed E-state index contributed by atoms with van der Waals surface area (Å²) in [5.41, 5.74) is -0.0396. The second kappa shape index (κ2) is 6.33. The van der Waals surface area contributed by atoms with Crippen LogP contribution in [0.3, 0.4) is 0 Å². The first-order chi connectivity index (χ1) is 11.1. The average Bonchev–Trinajstić information content (AvgIpc) is 3.08. The Morgan fingerprint density at radius 2 is 2.09 bits per heavy atom. The Hall–Kier alpha value is -2.48. The van der Waals surface area contributed by atoms with Crippen molar-refractivity contribution in [1.29, 1.82) is 0 Å². The van der Waals surface area contributed by atoms with Gasteiger partial charge in [-0.15, -0.1) is 11.8 Å². The number of ether oxygens (including phenoxy) is 1. The SMILES string of the molecule is O=C(COc1ccccc1)N[C@H]1C[C@H]2SC=C(C(=O)O)N2C1=O. The lowest BCUT2D eigenvalue weighted by Gasteiger charge is -2.16. The number of nitrogens with one attached hydrogen (secondary N) is 1. The summed E-state index contributed by atoms with van der Waals surface area (Å²) in [5.74, 6) is -1.40. The fourth-order valence-electron chi connectivity index (χ4n) is 2.48. The number of nitrogens with zero attached hydrogens (tertiary/aromatic N) is 1. The van der Waals surface area contributed by atoms with Gasteiger partial charge in [0.1, 0.15) is 17.5 Å². The highest BCUT2D eigenvalue weighted by Gasteiger charge is 2.46. The van der Waals surface area contributed by atoms with Crippen molar-refractivity contribution in [1.82, 2.24) is 10.2 Å². The molecule has 2 N–H and O–H groups in total. The molecule has 7 nitrogen and oxygen atoms in total. The van der Waals surface area contributed by atoms with Gasteiger partial charge in [-0.25, -0.2) is 4.79 Å². The van der Waals surface area contributed by atoms with Crippen LogP contribution in [0.2, 0.25) is 0 Å². The number of hydrogen-bond donors (Lipinski definition) is 2. The summed E-state index contributed by atoms with van der Waals surface area (Å²) in [6, 6.07) is 8.15. The van der Waals surface area contributed by atoms with Crippen LogP contribution in [0.4, 0.5) is 0 Å². The van der Waals surface area contributed by atoms with Gasteiger partial charge in [0, 0.05) is 11.8 Å². The number of carboxylic acids is 1. The van der Waals surface area contributed by atoms with E-state index in [9.17, 15) is 14.4 Å². The summed E-state index contributed by atoms with van der Waals surface area (Å²) in [7, 11) is 0. The predicted octanol–water partition coefficient (Wildman–Crippen LogP) is 0.781. The van der Waals surface area contributed by atoms with Crippen LogP contribution in [0, 0.1) is 0 Å². The number of rotatable bonds is 5. The standard InChI is InChI=1S/C15H14N2O5S/c18-12(7-22-9-4-2-1-3-5-9)16-10-6-13-17(14(10)19)11(8-23-13)15(20)21/h1-5,8,10,13H,6-7H2,(H,16,18)(H,20,21)/t10-,13+/m0/s1. The Bertz CT molecular complexity index is 676.